The lowest BCUT2D eigenvalue weighted by molar-refractivity contribution is -0.114. The third kappa shape index (κ3) is 6.07. The molecule has 1 aliphatic rings. The molecule has 1 saturated heterocycles. The quantitative estimate of drug-likeness (QED) is 0.622. The maximum atomic E-state index is 11.1. The normalized spacial score (nSPS) is 15.7. The van der Waals surface area contributed by atoms with Crippen molar-refractivity contribution in [3.63, 3.8) is 0 Å². The van der Waals surface area contributed by atoms with Crippen LogP contribution in [-0.4, -0.2) is 60.8 Å². The molecule has 7 heteroatoms. The van der Waals surface area contributed by atoms with Crippen LogP contribution in [0.2, 0.25) is 0 Å². The van der Waals surface area contributed by atoms with Crippen molar-refractivity contribution in [2.24, 2.45) is 0 Å². The molecule has 0 spiro atoms. The van der Waals surface area contributed by atoms with Gasteiger partial charge in [0.2, 0.25) is 5.91 Å². The summed E-state index contributed by atoms with van der Waals surface area (Å²) < 4.78 is 5.01. The van der Waals surface area contributed by atoms with E-state index in [1.807, 2.05) is 12.1 Å². The van der Waals surface area contributed by atoms with Gasteiger partial charge in [-0.1, -0.05) is 12.1 Å². The van der Waals surface area contributed by atoms with Crippen LogP contribution in [0.5, 0.6) is 0 Å². The van der Waals surface area contributed by atoms with E-state index in [1.54, 1.807) is 7.11 Å². The number of nitrogens with one attached hydrogen (secondary N) is 2. The van der Waals surface area contributed by atoms with E-state index in [4.69, 9.17) is 17.0 Å². The summed E-state index contributed by atoms with van der Waals surface area (Å²) in [5.74, 6) is -0.0478. The van der Waals surface area contributed by atoms with E-state index in [0.717, 1.165) is 49.9 Å². The van der Waals surface area contributed by atoms with E-state index < -0.39 is 0 Å². The molecule has 0 atom stereocenters. The van der Waals surface area contributed by atoms with Gasteiger partial charge in [-0.3, -0.25) is 9.69 Å². The first-order valence-corrected chi connectivity index (χ1v) is 8.60. The summed E-state index contributed by atoms with van der Waals surface area (Å²) in [5, 5.41) is 6.65. The van der Waals surface area contributed by atoms with Crippen molar-refractivity contribution >= 4 is 28.9 Å². The monoisotopic (exact) mass is 350 g/mol. The number of ether oxygens (including phenoxy) is 1. The fourth-order valence-corrected chi connectivity index (χ4v) is 2.97. The molecule has 6 nitrogen and oxygen atoms in total. The van der Waals surface area contributed by atoms with Gasteiger partial charge < -0.3 is 20.3 Å². The third-order valence-electron chi connectivity index (χ3n) is 3.92. The van der Waals surface area contributed by atoms with E-state index >= 15 is 0 Å². The van der Waals surface area contributed by atoms with Crippen LogP contribution in [0.25, 0.3) is 0 Å². The van der Waals surface area contributed by atoms with Crippen molar-refractivity contribution < 1.29 is 9.53 Å². The van der Waals surface area contributed by atoms with Crippen LogP contribution in [0.1, 0.15) is 18.9 Å². The van der Waals surface area contributed by atoms with Crippen LogP contribution in [0, 0.1) is 0 Å². The molecule has 0 saturated carbocycles. The summed E-state index contributed by atoms with van der Waals surface area (Å²) in [6.45, 7) is 6.78. The fourth-order valence-electron chi connectivity index (χ4n) is 2.73. The minimum absolute atomic E-state index is 0.0478. The van der Waals surface area contributed by atoms with Gasteiger partial charge in [0, 0.05) is 52.4 Å². The maximum absolute atomic E-state index is 11.1. The number of hydrogen-bond acceptors (Lipinski definition) is 4. The predicted molar refractivity (Wildman–Crippen MR) is 99.8 cm³/mol. The van der Waals surface area contributed by atoms with E-state index in [9.17, 15) is 4.79 Å². The van der Waals surface area contributed by atoms with Crippen molar-refractivity contribution in [1.29, 1.82) is 0 Å². The fraction of sp³-hybridized carbons (Fsp3) is 0.529. The highest BCUT2D eigenvalue weighted by Gasteiger charge is 2.16. The van der Waals surface area contributed by atoms with Crippen molar-refractivity contribution in [1.82, 2.24) is 15.1 Å². The summed E-state index contributed by atoms with van der Waals surface area (Å²) >= 11 is 5.40. The van der Waals surface area contributed by atoms with E-state index in [1.165, 1.54) is 12.5 Å². The largest absolute Gasteiger partial charge is 0.365 e. The van der Waals surface area contributed by atoms with Gasteiger partial charge in [0.25, 0.3) is 0 Å². The van der Waals surface area contributed by atoms with Gasteiger partial charge in [0.05, 0.1) is 0 Å². The Morgan fingerprint density at radius 2 is 1.96 bits per heavy atom. The van der Waals surface area contributed by atoms with Crippen molar-refractivity contribution in [2.75, 3.05) is 45.3 Å². The van der Waals surface area contributed by atoms with E-state index in [2.05, 4.69) is 32.6 Å². The van der Waals surface area contributed by atoms with Gasteiger partial charge >= 0.3 is 0 Å². The number of thiocarbonyl (C=S) groups is 1. The summed E-state index contributed by atoms with van der Waals surface area (Å²) in [6, 6.07) is 8.03. The lowest BCUT2D eigenvalue weighted by Gasteiger charge is -2.24. The molecule has 132 valence electrons. The Bertz CT molecular complexity index is 550. The molecule has 24 heavy (non-hydrogen) atoms. The van der Waals surface area contributed by atoms with Crippen LogP contribution in [-0.2, 0) is 16.1 Å². The third-order valence-corrected chi connectivity index (χ3v) is 4.33. The molecule has 1 aliphatic heterocycles. The number of anilines is 1. The standard InChI is InChI=1S/C17H26N4O2S/c1-14(22)19-16-6-4-15(5-7-16)12-20-8-3-9-21(11-10-20)17(24)18-13-23-2/h4-7H,3,8-13H2,1-2H3,(H,18,24)(H,19,22). The molecule has 2 N–H and O–H groups in total. The Hall–Kier alpha value is -1.70. The second kappa shape index (κ2) is 9.56. The minimum Gasteiger partial charge on any atom is -0.365 e. The molecule has 0 radical (unpaired) electrons. The first kappa shape index (κ1) is 18.6. The minimum atomic E-state index is -0.0478. The highest BCUT2D eigenvalue weighted by Crippen LogP contribution is 2.13. The number of hydrogen-bond donors (Lipinski definition) is 2. The number of amides is 1. The van der Waals surface area contributed by atoms with Crippen LogP contribution in [0.15, 0.2) is 24.3 Å². The average Bonchev–Trinajstić information content (AvgIpc) is 2.79. The van der Waals surface area contributed by atoms with Crippen LogP contribution >= 0.6 is 12.2 Å². The van der Waals surface area contributed by atoms with Gasteiger partial charge in [0.15, 0.2) is 5.11 Å². The molecule has 1 aromatic rings. The maximum Gasteiger partial charge on any atom is 0.221 e. The summed E-state index contributed by atoms with van der Waals surface area (Å²) in [4.78, 5) is 15.7. The molecule has 0 aromatic heterocycles. The second-order valence-corrected chi connectivity index (χ2v) is 6.30. The zero-order chi connectivity index (χ0) is 17.4. The Labute approximate surface area is 149 Å². The molecule has 1 heterocycles. The van der Waals surface area contributed by atoms with Gasteiger partial charge in [-0.05, 0) is 36.3 Å². The molecule has 1 fully saturated rings. The Balaban J connectivity index is 1.83. The SMILES string of the molecule is COCNC(=S)N1CCCN(Cc2ccc(NC(C)=O)cc2)CC1. The first-order valence-electron chi connectivity index (χ1n) is 8.19. The van der Waals surface area contributed by atoms with Gasteiger partial charge in [-0.2, -0.15) is 0 Å². The van der Waals surface area contributed by atoms with Crippen molar-refractivity contribution in [3.8, 4) is 0 Å². The number of nitrogens with zero attached hydrogens (tertiary/aromatic N) is 2. The van der Waals surface area contributed by atoms with Gasteiger partial charge in [-0.25, -0.2) is 0 Å². The van der Waals surface area contributed by atoms with Crippen LogP contribution < -0.4 is 10.6 Å². The van der Waals surface area contributed by atoms with E-state index in [0.29, 0.717) is 6.73 Å². The molecule has 0 unspecified atom stereocenters. The molecule has 1 aromatic carbocycles. The van der Waals surface area contributed by atoms with E-state index in [-0.39, 0.29) is 5.91 Å². The molecule has 2 rings (SSSR count). The number of methoxy groups -OCH3 is 1. The zero-order valence-corrected chi connectivity index (χ0v) is 15.2. The Morgan fingerprint density at radius 1 is 1.21 bits per heavy atom. The zero-order valence-electron chi connectivity index (χ0n) is 14.4. The number of carbonyl (C=O) groups excluding carboxylic acids is 1. The summed E-state index contributed by atoms with van der Waals surface area (Å²) in [7, 11) is 1.65. The lowest BCUT2D eigenvalue weighted by atomic mass is 10.2. The van der Waals surface area contributed by atoms with Gasteiger partial charge in [0.1, 0.15) is 6.73 Å². The highest BCUT2D eigenvalue weighted by molar-refractivity contribution is 7.80. The lowest BCUT2D eigenvalue weighted by Crippen LogP contribution is -2.42. The smallest absolute Gasteiger partial charge is 0.221 e. The average molecular weight is 350 g/mol. The number of benzene rings is 1. The van der Waals surface area contributed by atoms with Crippen LogP contribution in [0.3, 0.4) is 0 Å². The molecular weight excluding hydrogens is 324 g/mol. The highest BCUT2D eigenvalue weighted by atomic mass is 32.1. The number of carbonyl (C=O) groups is 1. The number of rotatable bonds is 5. The Morgan fingerprint density at radius 3 is 2.62 bits per heavy atom. The molecule has 0 aliphatic carbocycles. The molecular formula is C17H26N4O2S. The summed E-state index contributed by atoms with van der Waals surface area (Å²) in [6.07, 6.45) is 1.08. The van der Waals surface area contributed by atoms with Gasteiger partial charge in [-0.15, -0.1) is 0 Å². The van der Waals surface area contributed by atoms with Crippen LogP contribution in [0.4, 0.5) is 5.69 Å². The van der Waals surface area contributed by atoms with Crippen molar-refractivity contribution in [3.05, 3.63) is 29.8 Å². The molecule has 1 amide bonds. The second-order valence-electron chi connectivity index (χ2n) is 5.91. The topological polar surface area (TPSA) is 56.8 Å². The Kier molecular flexibility index (Phi) is 7.42. The first-order chi connectivity index (χ1) is 11.6. The molecule has 0 bridgehead atoms. The summed E-state index contributed by atoms with van der Waals surface area (Å²) in [5.41, 5.74) is 2.08. The van der Waals surface area contributed by atoms with Crippen molar-refractivity contribution in [2.45, 2.75) is 19.9 Å². The predicted octanol–water partition coefficient (Wildman–Crippen LogP) is 1.63.